The van der Waals surface area contributed by atoms with Crippen LogP contribution < -0.4 is 4.90 Å². The number of halogens is 3. The van der Waals surface area contributed by atoms with Crippen LogP contribution in [0.1, 0.15) is 19.4 Å². The second kappa shape index (κ2) is 5.50. The van der Waals surface area contributed by atoms with Crippen molar-refractivity contribution < 1.29 is 27.8 Å². The van der Waals surface area contributed by atoms with Gasteiger partial charge in [0.15, 0.2) is 5.69 Å². The van der Waals surface area contributed by atoms with Gasteiger partial charge in [-0.05, 0) is 26.0 Å². The van der Waals surface area contributed by atoms with Crippen LogP contribution in [0.25, 0.3) is 4.85 Å². The number of hydrogen-bond donors (Lipinski definition) is 1. The summed E-state index contributed by atoms with van der Waals surface area (Å²) in [4.78, 5) is 15.7. The van der Waals surface area contributed by atoms with Crippen molar-refractivity contribution in [3.05, 3.63) is 35.2 Å². The molecular weight excluding hydrogens is 301 g/mol. The fourth-order valence-electron chi connectivity index (χ4n) is 2.50. The minimum atomic E-state index is -4.72. The summed E-state index contributed by atoms with van der Waals surface area (Å²) in [6.07, 6.45) is -7.20. The number of carbonyl (C=O) groups is 1. The van der Waals surface area contributed by atoms with Crippen LogP contribution in [0, 0.1) is 6.57 Å². The Bertz CT molecular complexity index is 637. The van der Waals surface area contributed by atoms with Crippen molar-refractivity contribution in [1.29, 1.82) is 0 Å². The number of anilines is 1. The quantitative estimate of drug-likeness (QED) is 0.852. The van der Waals surface area contributed by atoms with Gasteiger partial charge in [-0.3, -0.25) is 4.90 Å². The van der Waals surface area contributed by atoms with Gasteiger partial charge in [0.2, 0.25) is 0 Å². The number of alkyl halides is 3. The van der Waals surface area contributed by atoms with Crippen LogP contribution in [0.5, 0.6) is 0 Å². The van der Waals surface area contributed by atoms with Crippen molar-refractivity contribution in [3.8, 4) is 0 Å². The standard InChI is InChI=1S/C14H13F3N2O3/c1-7(20)12-8(2)22-13(21)19(12)9-4-5-11(18-3)10(6-9)14(15,16)17/h4-8,12,20H,1-2H3/t7-,8-,12-/m0/s1. The van der Waals surface area contributed by atoms with Crippen LogP contribution >= 0.6 is 0 Å². The summed E-state index contributed by atoms with van der Waals surface area (Å²) in [6.45, 7) is 9.78. The lowest BCUT2D eigenvalue weighted by Crippen LogP contribution is -2.43. The van der Waals surface area contributed by atoms with E-state index >= 15 is 0 Å². The molecule has 0 aromatic heterocycles. The molecule has 1 aromatic rings. The molecule has 1 amide bonds. The fraction of sp³-hybridized carbons (Fsp3) is 0.429. The number of aliphatic hydroxyl groups excluding tert-OH is 1. The number of benzene rings is 1. The van der Waals surface area contributed by atoms with E-state index in [2.05, 4.69) is 4.85 Å². The van der Waals surface area contributed by atoms with Gasteiger partial charge >= 0.3 is 12.3 Å². The first-order valence-electron chi connectivity index (χ1n) is 6.43. The summed E-state index contributed by atoms with van der Waals surface area (Å²) < 4.78 is 44.0. The van der Waals surface area contributed by atoms with Gasteiger partial charge in [0.05, 0.1) is 18.2 Å². The molecule has 0 radical (unpaired) electrons. The number of cyclic esters (lactones) is 1. The van der Waals surface area contributed by atoms with Gasteiger partial charge in [0.1, 0.15) is 12.1 Å². The van der Waals surface area contributed by atoms with E-state index in [0.717, 1.165) is 17.0 Å². The number of amides is 1. The van der Waals surface area contributed by atoms with E-state index in [1.54, 1.807) is 6.92 Å². The van der Waals surface area contributed by atoms with E-state index in [9.17, 15) is 23.1 Å². The summed E-state index contributed by atoms with van der Waals surface area (Å²) in [6, 6.07) is 2.16. The van der Waals surface area contributed by atoms with Crippen molar-refractivity contribution >= 4 is 17.5 Å². The summed E-state index contributed by atoms with van der Waals surface area (Å²) in [5.74, 6) is 0. The lowest BCUT2D eigenvalue weighted by molar-refractivity contribution is -0.136. The van der Waals surface area contributed by atoms with Gasteiger partial charge in [0, 0.05) is 5.69 Å². The van der Waals surface area contributed by atoms with Crippen molar-refractivity contribution in [2.45, 2.75) is 38.3 Å². The highest BCUT2D eigenvalue weighted by molar-refractivity contribution is 5.91. The average Bonchev–Trinajstić information content (AvgIpc) is 2.71. The largest absolute Gasteiger partial charge is 0.444 e. The first kappa shape index (κ1) is 16.1. The third-order valence-corrected chi connectivity index (χ3v) is 3.44. The molecular formula is C14H13F3N2O3. The van der Waals surface area contributed by atoms with Crippen LogP contribution in [0.3, 0.4) is 0 Å². The monoisotopic (exact) mass is 314 g/mol. The second-order valence-corrected chi connectivity index (χ2v) is 5.00. The molecule has 5 nitrogen and oxygen atoms in total. The maximum atomic E-state index is 13.0. The van der Waals surface area contributed by atoms with Gasteiger partial charge in [-0.2, -0.15) is 13.2 Å². The molecule has 1 aromatic carbocycles. The lowest BCUT2D eigenvalue weighted by Gasteiger charge is -2.26. The Morgan fingerprint density at radius 3 is 2.59 bits per heavy atom. The van der Waals surface area contributed by atoms with Gasteiger partial charge in [0.25, 0.3) is 0 Å². The zero-order chi connectivity index (χ0) is 16.7. The molecule has 3 atom stereocenters. The highest BCUT2D eigenvalue weighted by atomic mass is 19.4. The average molecular weight is 314 g/mol. The molecule has 0 aliphatic carbocycles. The molecule has 2 rings (SSSR count). The Labute approximate surface area is 124 Å². The van der Waals surface area contributed by atoms with Gasteiger partial charge < -0.3 is 9.84 Å². The Morgan fingerprint density at radius 2 is 2.09 bits per heavy atom. The van der Waals surface area contributed by atoms with Crippen LogP contribution in [-0.4, -0.2) is 29.4 Å². The van der Waals surface area contributed by atoms with Crippen molar-refractivity contribution in [1.82, 2.24) is 0 Å². The molecule has 118 valence electrons. The Balaban J connectivity index is 2.53. The summed E-state index contributed by atoms with van der Waals surface area (Å²) >= 11 is 0. The van der Waals surface area contributed by atoms with Crippen LogP contribution in [-0.2, 0) is 10.9 Å². The van der Waals surface area contributed by atoms with Gasteiger partial charge in [-0.1, -0.05) is 6.07 Å². The summed E-state index contributed by atoms with van der Waals surface area (Å²) in [5, 5.41) is 9.76. The molecule has 0 bridgehead atoms. The minimum Gasteiger partial charge on any atom is -0.444 e. The summed E-state index contributed by atoms with van der Waals surface area (Å²) in [5.41, 5.74) is -1.75. The minimum absolute atomic E-state index is 0.0695. The molecule has 8 heteroatoms. The second-order valence-electron chi connectivity index (χ2n) is 5.00. The molecule has 1 fully saturated rings. The normalized spacial score (nSPS) is 23.1. The zero-order valence-corrected chi connectivity index (χ0v) is 11.8. The predicted octanol–water partition coefficient (Wildman–Crippen LogP) is 3.35. The number of aliphatic hydroxyl groups is 1. The first-order valence-corrected chi connectivity index (χ1v) is 6.43. The first-order chi connectivity index (χ1) is 10.2. The Kier molecular flexibility index (Phi) is 4.02. The molecule has 1 heterocycles. The maximum absolute atomic E-state index is 13.0. The SMILES string of the molecule is [C-]#[N+]c1ccc(N2C(=O)O[C@@H](C)[C@@H]2[C@H](C)O)cc1C(F)(F)F. The van der Waals surface area contributed by atoms with E-state index < -0.39 is 41.8 Å². The molecule has 0 saturated carbocycles. The summed E-state index contributed by atoms with van der Waals surface area (Å²) in [7, 11) is 0. The molecule has 1 aliphatic heterocycles. The Hall–Kier alpha value is -2.27. The third kappa shape index (κ3) is 2.72. The zero-order valence-electron chi connectivity index (χ0n) is 11.8. The fourth-order valence-corrected chi connectivity index (χ4v) is 2.50. The molecule has 0 unspecified atom stereocenters. The van der Waals surface area contributed by atoms with Gasteiger partial charge in [-0.15, -0.1) is 0 Å². The number of hydrogen-bond acceptors (Lipinski definition) is 3. The molecule has 22 heavy (non-hydrogen) atoms. The van der Waals surface area contributed by atoms with E-state index in [0.29, 0.717) is 0 Å². The van der Waals surface area contributed by atoms with Crippen LogP contribution in [0.4, 0.5) is 29.3 Å². The number of ether oxygens (including phenoxy) is 1. The van der Waals surface area contributed by atoms with Crippen LogP contribution in [0.2, 0.25) is 0 Å². The third-order valence-electron chi connectivity index (χ3n) is 3.44. The smallest absolute Gasteiger partial charge is 0.415 e. The number of rotatable bonds is 2. The maximum Gasteiger partial charge on any atom is 0.415 e. The number of carbonyl (C=O) groups excluding carboxylic acids is 1. The molecule has 1 saturated heterocycles. The molecule has 1 aliphatic rings. The van der Waals surface area contributed by atoms with Crippen LogP contribution in [0.15, 0.2) is 18.2 Å². The molecule has 1 N–H and O–H groups in total. The van der Waals surface area contributed by atoms with E-state index in [1.807, 2.05) is 0 Å². The molecule has 0 spiro atoms. The van der Waals surface area contributed by atoms with E-state index in [1.165, 1.54) is 13.0 Å². The van der Waals surface area contributed by atoms with Crippen molar-refractivity contribution in [3.63, 3.8) is 0 Å². The predicted molar refractivity (Wildman–Crippen MR) is 71.6 cm³/mol. The number of nitrogens with zero attached hydrogens (tertiary/aromatic N) is 2. The highest BCUT2D eigenvalue weighted by Crippen LogP contribution is 2.40. The van der Waals surface area contributed by atoms with E-state index in [-0.39, 0.29) is 5.69 Å². The Morgan fingerprint density at radius 1 is 1.45 bits per heavy atom. The van der Waals surface area contributed by atoms with Gasteiger partial charge in [-0.25, -0.2) is 9.64 Å². The van der Waals surface area contributed by atoms with Crippen molar-refractivity contribution in [2.75, 3.05) is 4.90 Å². The lowest BCUT2D eigenvalue weighted by atomic mass is 10.0. The topological polar surface area (TPSA) is 54.1 Å². The van der Waals surface area contributed by atoms with E-state index in [4.69, 9.17) is 11.3 Å². The highest BCUT2D eigenvalue weighted by Gasteiger charge is 2.44. The van der Waals surface area contributed by atoms with Crippen molar-refractivity contribution in [2.24, 2.45) is 0 Å².